The second-order valence-electron chi connectivity index (χ2n) is 6.73. The number of sulfonamides is 1. The molecule has 1 aliphatic heterocycles. The number of hydrogen-bond donors (Lipinski definition) is 0. The molecule has 3 rings (SSSR count). The second-order valence-corrected chi connectivity index (χ2v) is 8.67. The van der Waals surface area contributed by atoms with Crippen molar-refractivity contribution in [3.63, 3.8) is 0 Å². The Balaban J connectivity index is 1.82. The second kappa shape index (κ2) is 7.75. The van der Waals surface area contributed by atoms with Gasteiger partial charge in [-0.2, -0.15) is 4.31 Å². The van der Waals surface area contributed by atoms with Crippen LogP contribution in [-0.4, -0.2) is 62.3 Å². The molecule has 7 nitrogen and oxygen atoms in total. The monoisotopic (exact) mass is 380 g/mol. The standard InChI is InChI=1S/C18H24N2O5S/c1-25-18(22)16-13-19(26(23,24)15-9-3-2-4-10-15)11-12-20(16)17(21)14-7-5-6-8-14/h2-4,9-10,14,16H,5-8,11-13H2,1H3. The van der Waals surface area contributed by atoms with Crippen LogP contribution in [0.25, 0.3) is 0 Å². The van der Waals surface area contributed by atoms with Gasteiger partial charge < -0.3 is 9.64 Å². The van der Waals surface area contributed by atoms with Crippen LogP contribution in [0.5, 0.6) is 0 Å². The van der Waals surface area contributed by atoms with Gasteiger partial charge in [0.05, 0.1) is 12.0 Å². The number of carbonyl (C=O) groups excluding carboxylic acids is 2. The lowest BCUT2D eigenvalue weighted by Crippen LogP contribution is -2.60. The van der Waals surface area contributed by atoms with Gasteiger partial charge in [0.15, 0.2) is 0 Å². The number of hydrogen-bond acceptors (Lipinski definition) is 5. The average molecular weight is 380 g/mol. The Morgan fingerprint density at radius 3 is 2.35 bits per heavy atom. The van der Waals surface area contributed by atoms with Crippen LogP contribution in [0.3, 0.4) is 0 Å². The minimum absolute atomic E-state index is 0.0605. The van der Waals surface area contributed by atoms with Crippen molar-refractivity contribution in [3.05, 3.63) is 30.3 Å². The molecule has 1 atom stereocenters. The number of methoxy groups -OCH3 is 1. The number of piperazine rings is 1. The van der Waals surface area contributed by atoms with E-state index in [0.717, 1.165) is 25.7 Å². The van der Waals surface area contributed by atoms with E-state index >= 15 is 0 Å². The maximum atomic E-state index is 12.8. The predicted molar refractivity (Wildman–Crippen MR) is 94.7 cm³/mol. The molecular weight excluding hydrogens is 356 g/mol. The van der Waals surface area contributed by atoms with Gasteiger partial charge in [-0.05, 0) is 25.0 Å². The molecule has 1 unspecified atom stereocenters. The van der Waals surface area contributed by atoms with Gasteiger partial charge in [0, 0.05) is 25.6 Å². The average Bonchev–Trinajstić information content (AvgIpc) is 3.21. The summed E-state index contributed by atoms with van der Waals surface area (Å²) in [5, 5.41) is 0. The van der Waals surface area contributed by atoms with Gasteiger partial charge >= 0.3 is 5.97 Å². The van der Waals surface area contributed by atoms with Gasteiger partial charge in [0.25, 0.3) is 0 Å². The van der Waals surface area contributed by atoms with Crippen LogP contribution in [0.15, 0.2) is 35.2 Å². The molecule has 1 amide bonds. The molecule has 1 saturated carbocycles. The fourth-order valence-electron chi connectivity index (χ4n) is 3.73. The first-order valence-electron chi connectivity index (χ1n) is 8.88. The number of esters is 1. The van der Waals surface area contributed by atoms with E-state index in [-0.39, 0.29) is 36.4 Å². The molecule has 2 aliphatic rings. The van der Waals surface area contributed by atoms with Gasteiger partial charge in [-0.25, -0.2) is 13.2 Å². The van der Waals surface area contributed by atoms with Crippen LogP contribution in [0, 0.1) is 5.92 Å². The van der Waals surface area contributed by atoms with E-state index in [9.17, 15) is 18.0 Å². The zero-order valence-corrected chi connectivity index (χ0v) is 15.7. The fourth-order valence-corrected chi connectivity index (χ4v) is 5.19. The van der Waals surface area contributed by atoms with E-state index in [2.05, 4.69) is 0 Å². The summed E-state index contributed by atoms with van der Waals surface area (Å²) >= 11 is 0. The Morgan fingerprint density at radius 1 is 1.08 bits per heavy atom. The number of benzene rings is 1. The summed E-state index contributed by atoms with van der Waals surface area (Å²) in [7, 11) is -2.46. The molecular formula is C18H24N2O5S. The quantitative estimate of drug-likeness (QED) is 0.734. The molecule has 1 aromatic carbocycles. The molecule has 0 bridgehead atoms. The zero-order valence-electron chi connectivity index (χ0n) is 14.8. The summed E-state index contributed by atoms with van der Waals surface area (Å²) in [5.74, 6) is -0.710. The van der Waals surface area contributed by atoms with Crippen molar-refractivity contribution in [1.82, 2.24) is 9.21 Å². The van der Waals surface area contributed by atoms with Crippen LogP contribution in [-0.2, 0) is 24.3 Å². The minimum atomic E-state index is -3.72. The summed E-state index contributed by atoms with van der Waals surface area (Å²) in [4.78, 5) is 26.8. The number of rotatable bonds is 4. The summed E-state index contributed by atoms with van der Waals surface area (Å²) in [6.45, 7) is 0.284. The lowest BCUT2D eigenvalue weighted by atomic mass is 10.0. The lowest BCUT2D eigenvalue weighted by Gasteiger charge is -2.40. The molecule has 8 heteroatoms. The molecule has 142 valence electrons. The molecule has 1 saturated heterocycles. The van der Waals surface area contributed by atoms with E-state index in [1.807, 2.05) is 0 Å². The first kappa shape index (κ1) is 18.8. The van der Waals surface area contributed by atoms with Crippen molar-refractivity contribution >= 4 is 21.9 Å². The number of nitrogens with zero attached hydrogens (tertiary/aromatic N) is 2. The summed E-state index contributed by atoms with van der Waals surface area (Å²) < 4.78 is 31.8. The van der Waals surface area contributed by atoms with Crippen LogP contribution < -0.4 is 0 Å². The molecule has 0 N–H and O–H groups in total. The molecule has 1 aromatic rings. The van der Waals surface area contributed by atoms with Gasteiger partial charge in [0.1, 0.15) is 6.04 Å². The smallest absolute Gasteiger partial charge is 0.329 e. The van der Waals surface area contributed by atoms with Gasteiger partial charge in [-0.15, -0.1) is 0 Å². The van der Waals surface area contributed by atoms with Crippen molar-refractivity contribution < 1.29 is 22.7 Å². The number of carbonyl (C=O) groups is 2. The van der Waals surface area contributed by atoms with Gasteiger partial charge in [-0.3, -0.25) is 4.79 Å². The van der Waals surface area contributed by atoms with Crippen LogP contribution in [0.4, 0.5) is 0 Å². The molecule has 26 heavy (non-hydrogen) atoms. The number of amides is 1. The Bertz CT molecular complexity index is 759. The number of ether oxygens (including phenoxy) is 1. The highest BCUT2D eigenvalue weighted by atomic mass is 32.2. The Hall–Kier alpha value is -1.93. The Kier molecular flexibility index (Phi) is 5.62. The highest BCUT2D eigenvalue weighted by Crippen LogP contribution is 2.29. The van der Waals surface area contributed by atoms with E-state index < -0.39 is 22.0 Å². The van der Waals surface area contributed by atoms with Crippen LogP contribution in [0.2, 0.25) is 0 Å². The molecule has 0 spiro atoms. The topological polar surface area (TPSA) is 84.0 Å². The van der Waals surface area contributed by atoms with Crippen molar-refractivity contribution in [2.24, 2.45) is 5.92 Å². The first-order chi connectivity index (χ1) is 12.4. The molecule has 0 aromatic heterocycles. The minimum Gasteiger partial charge on any atom is -0.467 e. The highest BCUT2D eigenvalue weighted by Gasteiger charge is 2.42. The molecule has 1 heterocycles. The lowest BCUT2D eigenvalue weighted by molar-refractivity contribution is -0.156. The molecule has 0 radical (unpaired) electrons. The summed E-state index contributed by atoms with van der Waals surface area (Å²) in [5.41, 5.74) is 0. The third-order valence-corrected chi connectivity index (χ3v) is 7.06. The predicted octanol–water partition coefficient (Wildman–Crippen LogP) is 1.25. The van der Waals surface area contributed by atoms with Crippen molar-refractivity contribution in [2.75, 3.05) is 26.7 Å². The van der Waals surface area contributed by atoms with Gasteiger partial charge in [-0.1, -0.05) is 31.0 Å². The third-order valence-electron chi connectivity index (χ3n) is 5.18. The third kappa shape index (κ3) is 3.61. The van der Waals surface area contributed by atoms with E-state index in [1.54, 1.807) is 18.2 Å². The Labute approximate surface area is 154 Å². The van der Waals surface area contributed by atoms with Crippen molar-refractivity contribution in [2.45, 2.75) is 36.6 Å². The van der Waals surface area contributed by atoms with Crippen molar-refractivity contribution in [1.29, 1.82) is 0 Å². The zero-order chi connectivity index (χ0) is 18.7. The molecule has 2 fully saturated rings. The largest absolute Gasteiger partial charge is 0.467 e. The Morgan fingerprint density at radius 2 is 1.73 bits per heavy atom. The van der Waals surface area contributed by atoms with Crippen molar-refractivity contribution in [3.8, 4) is 0 Å². The summed E-state index contributed by atoms with van der Waals surface area (Å²) in [6.07, 6.45) is 3.69. The maximum absolute atomic E-state index is 12.8. The van der Waals surface area contributed by atoms with E-state index in [0.29, 0.717) is 0 Å². The van der Waals surface area contributed by atoms with E-state index in [1.165, 1.54) is 28.4 Å². The van der Waals surface area contributed by atoms with Gasteiger partial charge in [0.2, 0.25) is 15.9 Å². The fraction of sp³-hybridized carbons (Fsp3) is 0.556. The van der Waals surface area contributed by atoms with Crippen LogP contribution in [0.1, 0.15) is 25.7 Å². The molecule has 1 aliphatic carbocycles. The summed E-state index contributed by atoms with van der Waals surface area (Å²) in [6, 6.07) is 7.21. The first-order valence-corrected chi connectivity index (χ1v) is 10.3. The highest BCUT2D eigenvalue weighted by molar-refractivity contribution is 7.89. The maximum Gasteiger partial charge on any atom is 0.329 e. The normalized spacial score (nSPS) is 22.3. The van der Waals surface area contributed by atoms with E-state index in [4.69, 9.17) is 4.74 Å². The van der Waals surface area contributed by atoms with Crippen LogP contribution >= 0.6 is 0 Å². The SMILES string of the molecule is COC(=O)C1CN(S(=O)(=O)c2ccccc2)CCN1C(=O)C1CCCC1.